The standard InChI is InChI=1S/C17H17BrINO/c1-3-20(11-13-6-4-5-12(2)9-13)17(21)15-10-14(18)7-8-16(15)19/h4-10H,3,11H2,1-2H3. The van der Waals surface area contributed by atoms with Gasteiger partial charge in [-0.2, -0.15) is 0 Å². The van der Waals surface area contributed by atoms with Crippen LogP contribution in [0, 0.1) is 10.5 Å². The molecule has 0 atom stereocenters. The average Bonchev–Trinajstić information content (AvgIpc) is 2.46. The van der Waals surface area contributed by atoms with E-state index in [1.165, 1.54) is 5.56 Å². The van der Waals surface area contributed by atoms with E-state index in [0.29, 0.717) is 13.1 Å². The third kappa shape index (κ3) is 4.30. The van der Waals surface area contributed by atoms with Gasteiger partial charge in [0.25, 0.3) is 5.91 Å². The van der Waals surface area contributed by atoms with Gasteiger partial charge < -0.3 is 4.90 Å². The Morgan fingerprint density at radius 1 is 1.24 bits per heavy atom. The summed E-state index contributed by atoms with van der Waals surface area (Å²) in [6.07, 6.45) is 0. The molecule has 0 saturated heterocycles. The number of benzene rings is 2. The minimum absolute atomic E-state index is 0.0738. The molecule has 2 aromatic carbocycles. The fraction of sp³-hybridized carbons (Fsp3) is 0.235. The second-order valence-corrected chi connectivity index (χ2v) is 7.01. The van der Waals surface area contributed by atoms with E-state index in [2.05, 4.69) is 63.6 Å². The molecule has 0 aliphatic rings. The zero-order chi connectivity index (χ0) is 15.4. The molecule has 110 valence electrons. The number of halogens is 2. The van der Waals surface area contributed by atoms with E-state index in [0.717, 1.165) is 19.2 Å². The van der Waals surface area contributed by atoms with Crippen LogP contribution in [0.3, 0.4) is 0 Å². The van der Waals surface area contributed by atoms with E-state index >= 15 is 0 Å². The molecule has 0 unspecified atom stereocenters. The van der Waals surface area contributed by atoms with E-state index in [1.807, 2.05) is 36.1 Å². The molecule has 1 amide bonds. The Labute approximate surface area is 147 Å². The molecule has 2 aromatic rings. The lowest BCUT2D eigenvalue weighted by molar-refractivity contribution is 0.0751. The van der Waals surface area contributed by atoms with Crippen LogP contribution in [0.5, 0.6) is 0 Å². The topological polar surface area (TPSA) is 20.3 Å². The maximum atomic E-state index is 12.7. The number of carbonyl (C=O) groups excluding carboxylic acids is 1. The van der Waals surface area contributed by atoms with Gasteiger partial charge in [0.05, 0.1) is 5.56 Å². The summed E-state index contributed by atoms with van der Waals surface area (Å²) in [7, 11) is 0. The van der Waals surface area contributed by atoms with Crippen LogP contribution in [0.15, 0.2) is 46.9 Å². The van der Waals surface area contributed by atoms with Gasteiger partial charge in [-0.25, -0.2) is 0 Å². The molecule has 2 rings (SSSR count). The number of nitrogens with zero attached hydrogens (tertiary/aromatic N) is 1. The van der Waals surface area contributed by atoms with Crippen LogP contribution < -0.4 is 0 Å². The Kier molecular flexibility index (Phi) is 5.81. The Morgan fingerprint density at radius 2 is 2.00 bits per heavy atom. The number of hydrogen-bond donors (Lipinski definition) is 0. The van der Waals surface area contributed by atoms with E-state index in [9.17, 15) is 4.79 Å². The summed E-state index contributed by atoms with van der Waals surface area (Å²) in [6, 6.07) is 14.1. The van der Waals surface area contributed by atoms with Crippen molar-refractivity contribution in [3.63, 3.8) is 0 Å². The summed E-state index contributed by atoms with van der Waals surface area (Å²) in [6.45, 7) is 5.41. The van der Waals surface area contributed by atoms with Crippen molar-refractivity contribution in [2.45, 2.75) is 20.4 Å². The van der Waals surface area contributed by atoms with Crippen LogP contribution in [-0.4, -0.2) is 17.4 Å². The Hall–Kier alpha value is -0.880. The lowest BCUT2D eigenvalue weighted by Gasteiger charge is -2.22. The van der Waals surface area contributed by atoms with Gasteiger partial charge in [0.2, 0.25) is 0 Å². The number of aryl methyl sites for hydroxylation is 1. The van der Waals surface area contributed by atoms with Crippen LogP contribution in [-0.2, 0) is 6.54 Å². The van der Waals surface area contributed by atoms with Gasteiger partial charge in [0.15, 0.2) is 0 Å². The van der Waals surface area contributed by atoms with Gasteiger partial charge in [0.1, 0.15) is 0 Å². The normalized spacial score (nSPS) is 10.5. The molecule has 0 aromatic heterocycles. The molecule has 2 nitrogen and oxygen atoms in total. The van der Waals surface area contributed by atoms with Gasteiger partial charge in [-0.3, -0.25) is 4.79 Å². The second kappa shape index (κ2) is 7.40. The predicted molar refractivity (Wildman–Crippen MR) is 98.5 cm³/mol. The van der Waals surface area contributed by atoms with Crippen molar-refractivity contribution in [2.24, 2.45) is 0 Å². The third-order valence-electron chi connectivity index (χ3n) is 3.28. The first-order valence-corrected chi connectivity index (χ1v) is 8.68. The Bertz CT molecular complexity index is 657. The van der Waals surface area contributed by atoms with E-state index in [1.54, 1.807) is 0 Å². The zero-order valence-electron chi connectivity index (χ0n) is 12.1. The van der Waals surface area contributed by atoms with E-state index in [-0.39, 0.29) is 5.91 Å². The molecule has 0 bridgehead atoms. The highest BCUT2D eigenvalue weighted by Crippen LogP contribution is 2.21. The minimum atomic E-state index is 0.0738. The highest BCUT2D eigenvalue weighted by atomic mass is 127. The number of amides is 1. The molecule has 0 fully saturated rings. The van der Waals surface area contributed by atoms with Crippen molar-refractivity contribution in [2.75, 3.05) is 6.54 Å². The predicted octanol–water partition coefficient (Wildman–Crippen LogP) is 5.02. The van der Waals surface area contributed by atoms with Crippen molar-refractivity contribution in [3.8, 4) is 0 Å². The average molecular weight is 458 g/mol. The lowest BCUT2D eigenvalue weighted by atomic mass is 10.1. The third-order valence-corrected chi connectivity index (χ3v) is 4.72. The Balaban J connectivity index is 2.24. The molecule has 0 spiro atoms. The molecular weight excluding hydrogens is 441 g/mol. The number of hydrogen-bond acceptors (Lipinski definition) is 1. The van der Waals surface area contributed by atoms with Crippen molar-refractivity contribution in [3.05, 3.63) is 67.2 Å². The summed E-state index contributed by atoms with van der Waals surface area (Å²) >= 11 is 5.65. The molecule has 4 heteroatoms. The molecule has 0 heterocycles. The van der Waals surface area contributed by atoms with E-state index < -0.39 is 0 Å². The van der Waals surface area contributed by atoms with Gasteiger partial charge in [0, 0.05) is 21.1 Å². The van der Waals surface area contributed by atoms with E-state index in [4.69, 9.17) is 0 Å². The fourth-order valence-corrected chi connectivity index (χ4v) is 3.12. The Morgan fingerprint density at radius 3 is 2.67 bits per heavy atom. The second-order valence-electron chi connectivity index (χ2n) is 4.93. The lowest BCUT2D eigenvalue weighted by Crippen LogP contribution is -2.30. The SMILES string of the molecule is CCN(Cc1cccc(C)c1)C(=O)c1cc(Br)ccc1I. The molecular formula is C17H17BrINO. The summed E-state index contributed by atoms with van der Waals surface area (Å²) in [5, 5.41) is 0. The highest BCUT2D eigenvalue weighted by Gasteiger charge is 2.17. The summed E-state index contributed by atoms with van der Waals surface area (Å²) in [4.78, 5) is 14.6. The first kappa shape index (κ1) is 16.5. The molecule has 0 aliphatic heterocycles. The maximum absolute atomic E-state index is 12.7. The van der Waals surface area contributed by atoms with Crippen LogP contribution in [0.1, 0.15) is 28.4 Å². The van der Waals surface area contributed by atoms with Crippen molar-refractivity contribution < 1.29 is 4.79 Å². The minimum Gasteiger partial charge on any atom is -0.335 e. The summed E-state index contributed by atoms with van der Waals surface area (Å²) in [5.41, 5.74) is 3.13. The number of carbonyl (C=O) groups is 1. The van der Waals surface area contributed by atoms with Crippen LogP contribution >= 0.6 is 38.5 Å². The fourth-order valence-electron chi connectivity index (χ4n) is 2.19. The van der Waals surface area contributed by atoms with Gasteiger partial charge in [-0.1, -0.05) is 45.8 Å². The summed E-state index contributed by atoms with van der Waals surface area (Å²) in [5.74, 6) is 0.0738. The van der Waals surface area contributed by atoms with Crippen LogP contribution in [0.4, 0.5) is 0 Å². The molecule has 0 aliphatic carbocycles. The summed E-state index contributed by atoms with van der Waals surface area (Å²) < 4.78 is 1.90. The smallest absolute Gasteiger partial charge is 0.255 e. The van der Waals surface area contributed by atoms with Crippen molar-refractivity contribution in [1.82, 2.24) is 4.90 Å². The number of rotatable bonds is 4. The highest BCUT2D eigenvalue weighted by molar-refractivity contribution is 14.1. The quantitative estimate of drug-likeness (QED) is 0.590. The molecule has 0 N–H and O–H groups in total. The first-order chi connectivity index (χ1) is 10.0. The maximum Gasteiger partial charge on any atom is 0.255 e. The molecule has 0 saturated carbocycles. The monoisotopic (exact) mass is 457 g/mol. The van der Waals surface area contributed by atoms with Crippen LogP contribution in [0.2, 0.25) is 0 Å². The van der Waals surface area contributed by atoms with Gasteiger partial charge in [-0.15, -0.1) is 0 Å². The van der Waals surface area contributed by atoms with Crippen LogP contribution in [0.25, 0.3) is 0 Å². The molecule has 21 heavy (non-hydrogen) atoms. The van der Waals surface area contributed by atoms with Gasteiger partial charge >= 0.3 is 0 Å². The van der Waals surface area contributed by atoms with Gasteiger partial charge in [-0.05, 0) is 60.2 Å². The first-order valence-electron chi connectivity index (χ1n) is 6.81. The van der Waals surface area contributed by atoms with Crippen molar-refractivity contribution in [1.29, 1.82) is 0 Å². The largest absolute Gasteiger partial charge is 0.335 e. The molecule has 0 radical (unpaired) electrons. The van der Waals surface area contributed by atoms with Crippen molar-refractivity contribution >= 4 is 44.4 Å². The zero-order valence-corrected chi connectivity index (χ0v) is 15.8.